The van der Waals surface area contributed by atoms with Gasteiger partial charge in [-0.05, 0) is 17.4 Å². The SMILES string of the molecule is O=P(O)(O)OP(O)(=S)OCc1ccccc1. The first-order chi connectivity index (χ1) is 7.29. The van der Waals surface area contributed by atoms with E-state index < -0.39 is 14.5 Å². The molecule has 0 amide bonds. The monoisotopic (exact) mass is 284 g/mol. The average Bonchev–Trinajstić information content (AvgIpc) is 2.13. The van der Waals surface area contributed by atoms with Crippen LogP contribution in [0.4, 0.5) is 0 Å². The molecule has 90 valence electrons. The molecule has 6 nitrogen and oxygen atoms in total. The molecule has 0 heterocycles. The largest absolute Gasteiger partial charge is 0.476 e. The van der Waals surface area contributed by atoms with Crippen molar-refractivity contribution < 1.29 is 28.1 Å². The van der Waals surface area contributed by atoms with Gasteiger partial charge < -0.3 is 19.2 Å². The van der Waals surface area contributed by atoms with Crippen molar-refractivity contribution in [2.45, 2.75) is 6.61 Å². The lowest BCUT2D eigenvalue weighted by Gasteiger charge is -2.15. The summed E-state index contributed by atoms with van der Waals surface area (Å²) < 4.78 is 19.2. The third-order valence-electron chi connectivity index (χ3n) is 1.45. The zero-order chi connectivity index (χ0) is 12.2. The van der Waals surface area contributed by atoms with Crippen molar-refractivity contribution in [1.82, 2.24) is 0 Å². The van der Waals surface area contributed by atoms with Gasteiger partial charge in [0.15, 0.2) is 0 Å². The molecule has 0 fully saturated rings. The van der Waals surface area contributed by atoms with Crippen LogP contribution in [0.25, 0.3) is 0 Å². The van der Waals surface area contributed by atoms with Crippen LogP contribution in [0.1, 0.15) is 5.56 Å². The number of hydrogen-bond acceptors (Lipinski definition) is 4. The fourth-order valence-corrected chi connectivity index (χ4v) is 3.40. The van der Waals surface area contributed by atoms with Crippen molar-refractivity contribution in [1.29, 1.82) is 0 Å². The van der Waals surface area contributed by atoms with Gasteiger partial charge in [0.25, 0.3) is 0 Å². The molecule has 1 unspecified atom stereocenters. The second-order valence-corrected chi connectivity index (χ2v) is 7.01. The van der Waals surface area contributed by atoms with Crippen molar-refractivity contribution in [2.75, 3.05) is 0 Å². The van der Waals surface area contributed by atoms with Gasteiger partial charge in [0.1, 0.15) is 0 Å². The standard InChI is InChI=1S/C7H10O6P2S/c8-14(9,10)13-15(11,16)12-6-7-4-2-1-3-5-7/h1-5H,6H2,(H,11,16)(H2,8,9,10). The van der Waals surface area contributed by atoms with Crippen LogP contribution in [-0.2, 0) is 31.8 Å². The Morgan fingerprint density at radius 3 is 2.25 bits per heavy atom. The molecule has 0 aliphatic heterocycles. The first kappa shape index (κ1) is 14.0. The average molecular weight is 284 g/mol. The van der Waals surface area contributed by atoms with Gasteiger partial charge in [0.2, 0.25) is 0 Å². The number of rotatable bonds is 5. The van der Waals surface area contributed by atoms with Crippen LogP contribution in [-0.4, -0.2) is 14.7 Å². The van der Waals surface area contributed by atoms with Crippen LogP contribution in [0.15, 0.2) is 30.3 Å². The molecule has 3 N–H and O–H groups in total. The highest BCUT2D eigenvalue weighted by molar-refractivity contribution is 8.08. The topological polar surface area (TPSA) is 96.2 Å². The summed E-state index contributed by atoms with van der Waals surface area (Å²) in [5.41, 5.74) is 0.708. The lowest BCUT2D eigenvalue weighted by molar-refractivity contribution is 0.214. The maximum absolute atomic E-state index is 10.5. The summed E-state index contributed by atoms with van der Waals surface area (Å²) in [5, 5.41) is 0. The van der Waals surface area contributed by atoms with E-state index in [1.807, 2.05) is 0 Å². The van der Waals surface area contributed by atoms with Crippen molar-refractivity contribution in [3.63, 3.8) is 0 Å². The molecule has 1 aromatic rings. The van der Waals surface area contributed by atoms with Crippen LogP contribution >= 0.6 is 14.5 Å². The number of benzene rings is 1. The summed E-state index contributed by atoms with van der Waals surface area (Å²) in [5.74, 6) is 0. The van der Waals surface area contributed by atoms with E-state index in [1.54, 1.807) is 30.3 Å². The van der Waals surface area contributed by atoms with Gasteiger partial charge in [-0.1, -0.05) is 30.3 Å². The molecule has 1 atom stereocenters. The van der Waals surface area contributed by atoms with E-state index in [9.17, 15) is 9.46 Å². The quantitative estimate of drug-likeness (QED) is 0.705. The predicted octanol–water partition coefficient (Wildman–Crippen LogP) is 1.53. The van der Waals surface area contributed by atoms with Crippen LogP contribution in [0.3, 0.4) is 0 Å². The van der Waals surface area contributed by atoms with Crippen LogP contribution in [0, 0.1) is 0 Å². The van der Waals surface area contributed by atoms with Gasteiger partial charge >= 0.3 is 14.5 Å². The Bertz CT molecular complexity index is 430. The molecule has 0 aliphatic carbocycles. The first-order valence-electron chi connectivity index (χ1n) is 4.07. The minimum atomic E-state index is -4.84. The molecule has 16 heavy (non-hydrogen) atoms. The maximum Gasteiger partial charge on any atom is 0.476 e. The second-order valence-electron chi connectivity index (χ2n) is 2.80. The zero-order valence-corrected chi connectivity index (χ0v) is 10.6. The summed E-state index contributed by atoms with van der Waals surface area (Å²) in [6.45, 7) is -3.98. The summed E-state index contributed by atoms with van der Waals surface area (Å²) >= 11 is 4.42. The third kappa shape index (κ3) is 5.84. The summed E-state index contributed by atoms with van der Waals surface area (Å²) in [6, 6.07) is 8.73. The molecule has 1 aromatic carbocycles. The summed E-state index contributed by atoms with van der Waals surface area (Å²) in [7, 11) is -4.84. The van der Waals surface area contributed by atoms with Gasteiger partial charge in [-0.3, -0.25) is 0 Å². The Balaban J connectivity index is 2.55. The lowest BCUT2D eigenvalue weighted by atomic mass is 10.2. The van der Waals surface area contributed by atoms with E-state index in [2.05, 4.69) is 16.1 Å². The molecule has 0 bridgehead atoms. The first-order valence-corrected chi connectivity index (χ1v) is 8.19. The minimum absolute atomic E-state index is 0.0748. The molecular weight excluding hydrogens is 274 g/mol. The fourth-order valence-electron chi connectivity index (χ4n) is 0.888. The van der Waals surface area contributed by atoms with Gasteiger partial charge in [0.05, 0.1) is 6.61 Å². The highest BCUT2D eigenvalue weighted by Gasteiger charge is 2.27. The lowest BCUT2D eigenvalue weighted by Crippen LogP contribution is -1.94. The predicted molar refractivity (Wildman–Crippen MR) is 60.9 cm³/mol. The van der Waals surface area contributed by atoms with E-state index in [0.717, 1.165) is 0 Å². The highest BCUT2D eigenvalue weighted by Crippen LogP contribution is 2.58. The van der Waals surface area contributed by atoms with E-state index >= 15 is 0 Å². The van der Waals surface area contributed by atoms with E-state index in [1.165, 1.54) is 0 Å². The van der Waals surface area contributed by atoms with Crippen molar-refractivity contribution in [3.8, 4) is 0 Å². The Kier molecular flexibility index (Phi) is 4.79. The molecule has 9 heteroatoms. The summed E-state index contributed by atoms with van der Waals surface area (Å²) in [6.07, 6.45) is 0. The van der Waals surface area contributed by atoms with E-state index in [4.69, 9.17) is 14.3 Å². The molecular formula is C7H10O6P2S. The van der Waals surface area contributed by atoms with Crippen LogP contribution < -0.4 is 0 Å². The molecule has 0 saturated heterocycles. The Morgan fingerprint density at radius 1 is 1.19 bits per heavy atom. The van der Waals surface area contributed by atoms with Crippen LogP contribution in [0.5, 0.6) is 0 Å². The van der Waals surface area contributed by atoms with E-state index in [-0.39, 0.29) is 6.61 Å². The highest BCUT2D eigenvalue weighted by atomic mass is 32.5. The molecule has 1 rings (SSSR count). The summed E-state index contributed by atoms with van der Waals surface area (Å²) in [4.78, 5) is 26.2. The Hall–Kier alpha value is -0.100. The van der Waals surface area contributed by atoms with Gasteiger partial charge in [-0.15, -0.1) is 0 Å². The van der Waals surface area contributed by atoms with E-state index in [0.29, 0.717) is 5.56 Å². The van der Waals surface area contributed by atoms with Crippen molar-refractivity contribution in [3.05, 3.63) is 35.9 Å². The minimum Gasteiger partial charge on any atom is -0.324 e. The maximum atomic E-state index is 10.5. The van der Waals surface area contributed by atoms with Crippen molar-refractivity contribution in [2.24, 2.45) is 0 Å². The number of phosphoric acid groups is 1. The van der Waals surface area contributed by atoms with Crippen molar-refractivity contribution >= 4 is 26.3 Å². The molecule has 0 aromatic heterocycles. The Labute approximate surface area is 97.3 Å². The smallest absolute Gasteiger partial charge is 0.324 e. The van der Waals surface area contributed by atoms with Gasteiger partial charge in [0, 0.05) is 0 Å². The normalized spacial score (nSPS) is 15.7. The Morgan fingerprint density at radius 2 is 1.75 bits per heavy atom. The third-order valence-corrected chi connectivity index (χ3v) is 4.49. The van der Waals surface area contributed by atoms with Gasteiger partial charge in [-0.25, -0.2) is 8.88 Å². The van der Waals surface area contributed by atoms with Gasteiger partial charge in [-0.2, -0.15) is 0 Å². The molecule has 0 saturated carbocycles. The second kappa shape index (κ2) is 5.49. The molecule has 0 aliphatic rings. The number of hydrogen-bond donors (Lipinski definition) is 3. The molecule has 0 radical (unpaired) electrons. The van der Waals surface area contributed by atoms with Crippen LogP contribution in [0.2, 0.25) is 0 Å². The molecule has 0 spiro atoms. The zero-order valence-electron chi connectivity index (χ0n) is 7.96. The fraction of sp³-hybridized carbons (Fsp3) is 0.143.